The minimum atomic E-state index is -0.371. The van der Waals surface area contributed by atoms with Crippen LogP contribution in [0.1, 0.15) is 12.5 Å². The molecule has 1 N–H and O–H groups in total. The first-order valence-corrected chi connectivity index (χ1v) is 5.69. The summed E-state index contributed by atoms with van der Waals surface area (Å²) < 4.78 is 18.1. The molecule has 1 heterocycles. The van der Waals surface area contributed by atoms with Crippen LogP contribution in [0.25, 0.3) is 0 Å². The number of hydrogen-bond donors (Lipinski definition) is 1. The fraction of sp³-hybridized carbons (Fsp3) is 0.500. The summed E-state index contributed by atoms with van der Waals surface area (Å²) in [7, 11) is 0. The average Bonchev–Trinajstić information content (AvgIpc) is 2.21. The zero-order chi connectivity index (χ0) is 11.6. The fourth-order valence-electron chi connectivity index (χ4n) is 1.71. The van der Waals surface area contributed by atoms with E-state index >= 15 is 0 Å². The van der Waals surface area contributed by atoms with E-state index in [4.69, 9.17) is 16.3 Å². The van der Waals surface area contributed by atoms with Gasteiger partial charge in [0.25, 0.3) is 0 Å². The van der Waals surface area contributed by atoms with E-state index in [0.29, 0.717) is 6.54 Å². The highest BCUT2D eigenvalue weighted by Crippen LogP contribution is 2.25. The maximum absolute atomic E-state index is 12.9. The van der Waals surface area contributed by atoms with E-state index in [1.165, 1.54) is 6.07 Å². The van der Waals surface area contributed by atoms with Gasteiger partial charge in [-0.1, -0.05) is 24.6 Å². The largest absolute Gasteiger partial charge is 0.380 e. The number of ether oxygens (including phenoxy) is 1. The molecule has 0 amide bonds. The van der Waals surface area contributed by atoms with Gasteiger partial charge >= 0.3 is 0 Å². The molecule has 0 aromatic heterocycles. The van der Waals surface area contributed by atoms with Gasteiger partial charge in [0, 0.05) is 18.5 Å². The monoisotopic (exact) mass is 243 g/mol. The second-order valence-electron chi connectivity index (χ2n) is 4.66. The Morgan fingerprint density at radius 2 is 2.25 bits per heavy atom. The Kier molecular flexibility index (Phi) is 3.47. The third kappa shape index (κ3) is 2.73. The molecule has 0 unspecified atom stereocenters. The Morgan fingerprint density at radius 3 is 2.81 bits per heavy atom. The number of rotatable bonds is 4. The van der Waals surface area contributed by atoms with Crippen LogP contribution in [0.4, 0.5) is 4.39 Å². The number of nitrogens with one attached hydrogen (secondary N) is 1. The van der Waals surface area contributed by atoms with Crippen LogP contribution in [-0.2, 0) is 11.3 Å². The maximum atomic E-state index is 12.9. The van der Waals surface area contributed by atoms with E-state index in [0.717, 1.165) is 25.3 Å². The summed E-state index contributed by atoms with van der Waals surface area (Å²) in [5, 5.41) is 3.51. The highest BCUT2D eigenvalue weighted by atomic mass is 35.5. The van der Waals surface area contributed by atoms with Crippen molar-refractivity contribution in [3.8, 4) is 0 Å². The van der Waals surface area contributed by atoms with Gasteiger partial charge in [-0.2, -0.15) is 0 Å². The number of hydrogen-bond acceptors (Lipinski definition) is 2. The van der Waals surface area contributed by atoms with Crippen LogP contribution in [0.2, 0.25) is 5.02 Å². The lowest BCUT2D eigenvalue weighted by Crippen LogP contribution is -2.47. The van der Waals surface area contributed by atoms with Crippen molar-refractivity contribution >= 4 is 11.6 Å². The summed E-state index contributed by atoms with van der Waals surface area (Å²) in [6.45, 7) is 5.41. The van der Waals surface area contributed by atoms with Crippen LogP contribution in [0.15, 0.2) is 18.2 Å². The van der Waals surface area contributed by atoms with Gasteiger partial charge in [-0.05, 0) is 17.7 Å². The molecule has 0 radical (unpaired) electrons. The van der Waals surface area contributed by atoms with Gasteiger partial charge in [0.2, 0.25) is 0 Å². The minimum absolute atomic E-state index is 0.178. The molecule has 1 saturated heterocycles. The van der Waals surface area contributed by atoms with Crippen molar-refractivity contribution in [2.45, 2.75) is 13.5 Å². The lowest BCUT2D eigenvalue weighted by molar-refractivity contribution is -0.0991. The minimum Gasteiger partial charge on any atom is -0.380 e. The Bertz CT molecular complexity index is 379. The van der Waals surface area contributed by atoms with Gasteiger partial charge in [0.05, 0.1) is 18.2 Å². The second-order valence-corrected chi connectivity index (χ2v) is 5.06. The van der Waals surface area contributed by atoms with Crippen LogP contribution in [0.3, 0.4) is 0 Å². The van der Waals surface area contributed by atoms with E-state index in [1.54, 1.807) is 12.1 Å². The predicted molar refractivity (Wildman–Crippen MR) is 62.0 cm³/mol. The van der Waals surface area contributed by atoms with Crippen LogP contribution < -0.4 is 5.32 Å². The van der Waals surface area contributed by atoms with Gasteiger partial charge in [0.15, 0.2) is 0 Å². The van der Waals surface area contributed by atoms with Crippen molar-refractivity contribution in [1.82, 2.24) is 5.32 Å². The second kappa shape index (κ2) is 4.70. The van der Waals surface area contributed by atoms with Crippen molar-refractivity contribution in [2.75, 3.05) is 19.8 Å². The van der Waals surface area contributed by atoms with Gasteiger partial charge in [-0.15, -0.1) is 0 Å². The molecule has 0 atom stereocenters. The third-order valence-corrected chi connectivity index (χ3v) is 3.06. The molecular formula is C12H15ClFNO. The molecule has 88 valence electrons. The van der Waals surface area contributed by atoms with E-state index < -0.39 is 0 Å². The zero-order valence-corrected chi connectivity index (χ0v) is 9.98. The molecule has 1 aromatic rings. The van der Waals surface area contributed by atoms with E-state index in [9.17, 15) is 4.39 Å². The first-order valence-electron chi connectivity index (χ1n) is 5.31. The molecular weight excluding hydrogens is 229 g/mol. The summed E-state index contributed by atoms with van der Waals surface area (Å²) >= 11 is 5.70. The Balaban J connectivity index is 1.83. The molecule has 0 aliphatic carbocycles. The van der Waals surface area contributed by atoms with Crippen LogP contribution in [0, 0.1) is 11.2 Å². The predicted octanol–water partition coefficient (Wildman–Crippen LogP) is 2.61. The first-order chi connectivity index (χ1) is 7.59. The molecule has 0 saturated carbocycles. The van der Waals surface area contributed by atoms with Crippen LogP contribution >= 0.6 is 11.6 Å². The summed E-state index contributed by atoms with van der Waals surface area (Å²) in [5.74, 6) is -0.371. The molecule has 0 spiro atoms. The SMILES string of the molecule is CC1(CNCc2ccc(F)c(Cl)c2)COC1. The Morgan fingerprint density at radius 1 is 1.50 bits per heavy atom. The van der Waals surface area contributed by atoms with Crippen LogP contribution in [-0.4, -0.2) is 19.8 Å². The van der Waals surface area contributed by atoms with E-state index in [1.807, 2.05) is 0 Å². The number of halogens is 2. The highest BCUT2D eigenvalue weighted by molar-refractivity contribution is 6.30. The van der Waals surface area contributed by atoms with E-state index in [-0.39, 0.29) is 16.3 Å². The molecule has 0 bridgehead atoms. The molecule has 1 fully saturated rings. The Hall–Kier alpha value is -0.640. The molecule has 16 heavy (non-hydrogen) atoms. The van der Waals surface area contributed by atoms with Gasteiger partial charge in [-0.3, -0.25) is 0 Å². The lowest BCUT2D eigenvalue weighted by Gasteiger charge is -2.38. The van der Waals surface area contributed by atoms with Gasteiger partial charge in [-0.25, -0.2) is 4.39 Å². The fourth-order valence-corrected chi connectivity index (χ4v) is 1.91. The van der Waals surface area contributed by atoms with Gasteiger partial charge < -0.3 is 10.1 Å². The smallest absolute Gasteiger partial charge is 0.141 e. The molecule has 4 heteroatoms. The number of benzene rings is 1. The average molecular weight is 244 g/mol. The van der Waals surface area contributed by atoms with Crippen molar-refractivity contribution < 1.29 is 9.13 Å². The maximum Gasteiger partial charge on any atom is 0.141 e. The van der Waals surface area contributed by atoms with Crippen molar-refractivity contribution in [3.05, 3.63) is 34.6 Å². The summed E-state index contributed by atoms with van der Waals surface area (Å²) in [6, 6.07) is 4.80. The topological polar surface area (TPSA) is 21.3 Å². The molecule has 2 rings (SSSR count). The van der Waals surface area contributed by atoms with Crippen molar-refractivity contribution in [3.63, 3.8) is 0 Å². The normalized spacial score (nSPS) is 18.2. The Labute approximate surface area is 99.7 Å². The highest BCUT2D eigenvalue weighted by Gasteiger charge is 2.32. The first kappa shape index (κ1) is 11.8. The molecule has 1 aliphatic heterocycles. The lowest BCUT2D eigenvalue weighted by atomic mass is 9.89. The molecule has 1 aliphatic rings. The third-order valence-electron chi connectivity index (χ3n) is 2.77. The quantitative estimate of drug-likeness (QED) is 0.878. The molecule has 1 aromatic carbocycles. The molecule has 2 nitrogen and oxygen atoms in total. The summed E-state index contributed by atoms with van der Waals surface area (Å²) in [6.07, 6.45) is 0. The van der Waals surface area contributed by atoms with Crippen LogP contribution in [0.5, 0.6) is 0 Å². The zero-order valence-electron chi connectivity index (χ0n) is 9.22. The van der Waals surface area contributed by atoms with Gasteiger partial charge in [0.1, 0.15) is 5.82 Å². The summed E-state index contributed by atoms with van der Waals surface area (Å²) in [5.41, 5.74) is 1.25. The van der Waals surface area contributed by atoms with Crippen molar-refractivity contribution in [1.29, 1.82) is 0 Å². The standard InChI is InChI=1S/C12H15ClFNO/c1-12(7-16-8-12)6-15-5-9-2-3-11(14)10(13)4-9/h2-4,15H,5-8H2,1H3. The summed E-state index contributed by atoms with van der Waals surface area (Å²) in [4.78, 5) is 0. The van der Waals surface area contributed by atoms with E-state index in [2.05, 4.69) is 12.2 Å². The van der Waals surface area contributed by atoms with Crippen molar-refractivity contribution in [2.24, 2.45) is 5.41 Å².